The van der Waals surface area contributed by atoms with Crippen LogP contribution in [0.5, 0.6) is 0 Å². The fourth-order valence-electron chi connectivity index (χ4n) is 2.73. The summed E-state index contributed by atoms with van der Waals surface area (Å²) in [5, 5.41) is 6.65. The SMILES string of the molecule is CC(C)CC(=O)N1CCc2nc(NC(=O)Nc3ccc(Cl)cc3)sc2C1. The molecule has 1 aliphatic heterocycles. The number of hydrogen-bond donors (Lipinski definition) is 2. The van der Waals surface area contributed by atoms with Gasteiger partial charge < -0.3 is 10.2 Å². The van der Waals surface area contributed by atoms with E-state index >= 15 is 0 Å². The molecular weight excluding hydrogens is 372 g/mol. The molecule has 138 valence electrons. The Labute approximate surface area is 161 Å². The van der Waals surface area contributed by atoms with Crippen molar-refractivity contribution in [2.24, 2.45) is 5.92 Å². The Hall–Kier alpha value is -2.12. The van der Waals surface area contributed by atoms with Gasteiger partial charge in [0.1, 0.15) is 0 Å². The molecule has 0 fully saturated rings. The standard InChI is InChI=1S/C18H21ClN4O2S/c1-11(2)9-16(24)23-8-7-14-15(10-23)26-18(21-14)22-17(25)20-13-5-3-12(19)4-6-13/h3-6,11H,7-10H2,1-2H3,(H2,20,21,22,25). The second kappa shape index (κ2) is 8.05. The molecule has 0 aliphatic carbocycles. The maximum absolute atomic E-state index is 12.3. The van der Waals surface area contributed by atoms with Crippen LogP contribution in [0.4, 0.5) is 15.6 Å². The summed E-state index contributed by atoms with van der Waals surface area (Å²) in [5.41, 5.74) is 1.61. The van der Waals surface area contributed by atoms with Gasteiger partial charge in [-0.3, -0.25) is 10.1 Å². The fourth-order valence-corrected chi connectivity index (χ4v) is 3.88. The van der Waals surface area contributed by atoms with Gasteiger partial charge in [0.2, 0.25) is 5.91 Å². The second-order valence-corrected chi connectivity index (χ2v) is 8.16. The van der Waals surface area contributed by atoms with Crippen molar-refractivity contribution >= 4 is 45.7 Å². The van der Waals surface area contributed by atoms with Gasteiger partial charge >= 0.3 is 6.03 Å². The Balaban J connectivity index is 1.60. The summed E-state index contributed by atoms with van der Waals surface area (Å²) < 4.78 is 0. The quantitative estimate of drug-likeness (QED) is 0.811. The molecule has 3 amide bonds. The number of carbonyl (C=O) groups excluding carboxylic acids is 2. The van der Waals surface area contributed by atoms with Crippen molar-refractivity contribution in [1.82, 2.24) is 9.88 Å². The number of hydrogen-bond acceptors (Lipinski definition) is 4. The molecule has 0 bridgehead atoms. The normalized spacial score (nSPS) is 13.5. The highest BCUT2D eigenvalue weighted by Gasteiger charge is 2.24. The van der Waals surface area contributed by atoms with Crippen molar-refractivity contribution in [2.45, 2.75) is 33.2 Å². The van der Waals surface area contributed by atoms with Crippen molar-refractivity contribution < 1.29 is 9.59 Å². The zero-order valence-electron chi connectivity index (χ0n) is 14.7. The molecule has 2 aromatic rings. The maximum atomic E-state index is 12.3. The molecule has 2 heterocycles. The first-order valence-electron chi connectivity index (χ1n) is 8.50. The summed E-state index contributed by atoms with van der Waals surface area (Å²) in [6.45, 7) is 5.33. The molecule has 0 saturated heterocycles. The predicted molar refractivity (Wildman–Crippen MR) is 105 cm³/mol. The molecule has 0 spiro atoms. The van der Waals surface area contributed by atoms with Gasteiger partial charge in [-0.05, 0) is 30.2 Å². The molecule has 3 rings (SSSR count). The number of anilines is 2. The predicted octanol–water partition coefficient (Wildman–Crippen LogP) is 4.37. The van der Waals surface area contributed by atoms with Crippen LogP contribution >= 0.6 is 22.9 Å². The summed E-state index contributed by atoms with van der Waals surface area (Å²) >= 11 is 7.25. The van der Waals surface area contributed by atoms with Crippen molar-refractivity contribution in [3.63, 3.8) is 0 Å². The van der Waals surface area contributed by atoms with Crippen LogP contribution in [0.15, 0.2) is 24.3 Å². The molecule has 1 aromatic heterocycles. The van der Waals surface area contributed by atoms with Crippen molar-refractivity contribution in [2.75, 3.05) is 17.2 Å². The smallest absolute Gasteiger partial charge is 0.325 e. The molecular formula is C18H21ClN4O2S. The van der Waals surface area contributed by atoms with E-state index in [2.05, 4.69) is 15.6 Å². The number of aromatic nitrogens is 1. The van der Waals surface area contributed by atoms with Gasteiger partial charge in [-0.15, -0.1) is 0 Å². The third-order valence-corrected chi connectivity index (χ3v) is 5.24. The topological polar surface area (TPSA) is 74.3 Å². The Kier molecular flexibility index (Phi) is 5.78. The highest BCUT2D eigenvalue weighted by Crippen LogP contribution is 2.29. The minimum atomic E-state index is -0.355. The van der Waals surface area contributed by atoms with E-state index in [0.717, 1.165) is 17.0 Å². The van der Waals surface area contributed by atoms with Gasteiger partial charge in [-0.25, -0.2) is 9.78 Å². The molecule has 1 aliphatic rings. The van der Waals surface area contributed by atoms with Crippen LogP contribution in [-0.4, -0.2) is 28.4 Å². The Morgan fingerprint density at radius 2 is 2.00 bits per heavy atom. The van der Waals surface area contributed by atoms with Crippen LogP contribution in [0.25, 0.3) is 0 Å². The number of fused-ring (bicyclic) bond motifs is 1. The van der Waals surface area contributed by atoms with E-state index in [-0.39, 0.29) is 11.9 Å². The first-order chi connectivity index (χ1) is 12.4. The van der Waals surface area contributed by atoms with Crippen molar-refractivity contribution in [1.29, 1.82) is 0 Å². The van der Waals surface area contributed by atoms with Crippen LogP contribution in [-0.2, 0) is 17.8 Å². The summed E-state index contributed by atoms with van der Waals surface area (Å²) in [4.78, 5) is 31.8. The summed E-state index contributed by atoms with van der Waals surface area (Å²) in [6, 6.07) is 6.52. The van der Waals surface area contributed by atoms with Crippen LogP contribution < -0.4 is 10.6 Å². The third-order valence-electron chi connectivity index (χ3n) is 3.99. The van der Waals surface area contributed by atoms with Crippen molar-refractivity contribution in [3.05, 3.63) is 39.9 Å². The molecule has 0 saturated carbocycles. The highest BCUT2D eigenvalue weighted by molar-refractivity contribution is 7.15. The van der Waals surface area contributed by atoms with Crippen molar-refractivity contribution in [3.8, 4) is 0 Å². The summed E-state index contributed by atoms with van der Waals surface area (Å²) in [5.74, 6) is 0.521. The Morgan fingerprint density at radius 1 is 1.27 bits per heavy atom. The number of benzene rings is 1. The lowest BCUT2D eigenvalue weighted by Gasteiger charge is -2.26. The number of halogens is 1. The molecule has 8 heteroatoms. The lowest BCUT2D eigenvalue weighted by atomic mass is 10.1. The average Bonchev–Trinajstić information content (AvgIpc) is 2.97. The van der Waals surface area contributed by atoms with Crippen LogP contribution in [0.2, 0.25) is 5.02 Å². The van der Waals surface area contributed by atoms with Crippen LogP contribution in [0.3, 0.4) is 0 Å². The van der Waals surface area contributed by atoms with Gasteiger partial charge in [0, 0.05) is 35.0 Å². The van der Waals surface area contributed by atoms with E-state index in [4.69, 9.17) is 11.6 Å². The van der Waals surface area contributed by atoms with Gasteiger partial charge in [-0.1, -0.05) is 36.8 Å². The van der Waals surface area contributed by atoms with Gasteiger partial charge in [0.25, 0.3) is 0 Å². The Morgan fingerprint density at radius 3 is 2.69 bits per heavy atom. The molecule has 26 heavy (non-hydrogen) atoms. The largest absolute Gasteiger partial charge is 0.337 e. The number of nitrogens with zero attached hydrogens (tertiary/aromatic N) is 2. The number of thiazole rings is 1. The van der Waals surface area contributed by atoms with E-state index in [1.54, 1.807) is 24.3 Å². The number of urea groups is 1. The third kappa shape index (κ3) is 4.74. The lowest BCUT2D eigenvalue weighted by Crippen LogP contribution is -2.36. The first kappa shape index (κ1) is 18.7. The number of rotatable bonds is 4. The molecule has 0 radical (unpaired) electrons. The van der Waals surface area contributed by atoms with E-state index in [1.807, 2.05) is 18.7 Å². The Bertz CT molecular complexity index is 804. The number of nitrogens with one attached hydrogen (secondary N) is 2. The molecule has 2 N–H and O–H groups in total. The second-order valence-electron chi connectivity index (χ2n) is 6.64. The zero-order valence-corrected chi connectivity index (χ0v) is 16.3. The monoisotopic (exact) mass is 392 g/mol. The fraction of sp³-hybridized carbons (Fsp3) is 0.389. The van der Waals surface area contributed by atoms with E-state index in [1.165, 1.54) is 11.3 Å². The van der Waals surface area contributed by atoms with E-state index in [0.29, 0.717) is 41.3 Å². The number of carbonyl (C=O) groups is 2. The van der Waals surface area contributed by atoms with E-state index < -0.39 is 0 Å². The minimum Gasteiger partial charge on any atom is -0.337 e. The maximum Gasteiger partial charge on any atom is 0.325 e. The highest BCUT2D eigenvalue weighted by atomic mass is 35.5. The first-order valence-corrected chi connectivity index (χ1v) is 9.70. The van der Waals surface area contributed by atoms with Gasteiger partial charge in [0.05, 0.1) is 12.2 Å². The summed E-state index contributed by atoms with van der Waals surface area (Å²) in [6.07, 6.45) is 1.28. The van der Waals surface area contributed by atoms with Gasteiger partial charge in [-0.2, -0.15) is 0 Å². The van der Waals surface area contributed by atoms with Crippen LogP contribution in [0, 0.1) is 5.92 Å². The lowest BCUT2D eigenvalue weighted by molar-refractivity contribution is -0.132. The average molecular weight is 393 g/mol. The molecule has 0 atom stereocenters. The molecule has 0 unspecified atom stereocenters. The van der Waals surface area contributed by atoms with E-state index in [9.17, 15) is 9.59 Å². The zero-order chi connectivity index (χ0) is 18.7. The van der Waals surface area contributed by atoms with Crippen LogP contribution in [0.1, 0.15) is 30.8 Å². The number of amides is 3. The molecule has 1 aromatic carbocycles. The minimum absolute atomic E-state index is 0.175. The van der Waals surface area contributed by atoms with Gasteiger partial charge in [0.15, 0.2) is 5.13 Å². The summed E-state index contributed by atoms with van der Waals surface area (Å²) in [7, 11) is 0. The molecule has 6 nitrogen and oxygen atoms in total.